The largest absolute Gasteiger partial charge is 0.478 e. The molecule has 1 aromatic heterocycles. The zero-order valence-corrected chi connectivity index (χ0v) is 11.7. The van der Waals surface area contributed by atoms with Gasteiger partial charge < -0.3 is 21.1 Å². The van der Waals surface area contributed by atoms with Crippen molar-refractivity contribution >= 4 is 17.5 Å². The molecule has 0 bridgehead atoms. The summed E-state index contributed by atoms with van der Waals surface area (Å²) in [5, 5.41) is 12.1. The monoisotopic (exact) mass is 266 g/mol. The van der Waals surface area contributed by atoms with Gasteiger partial charge in [0.1, 0.15) is 11.4 Å². The first kappa shape index (κ1) is 15.2. The van der Waals surface area contributed by atoms with E-state index < -0.39 is 5.97 Å². The molecule has 1 heterocycles. The highest BCUT2D eigenvalue weighted by Crippen LogP contribution is 2.15. The van der Waals surface area contributed by atoms with Gasteiger partial charge in [-0.1, -0.05) is 0 Å². The molecular formula is C13H22N4O2. The lowest BCUT2D eigenvalue weighted by atomic mass is 10.2. The zero-order valence-electron chi connectivity index (χ0n) is 11.7. The fraction of sp³-hybridized carbons (Fsp3) is 0.538. The minimum absolute atomic E-state index is 0.109. The summed E-state index contributed by atoms with van der Waals surface area (Å²) in [5.41, 5.74) is 5.99. The lowest BCUT2D eigenvalue weighted by molar-refractivity contribution is 0.0697. The topological polar surface area (TPSA) is 91.5 Å². The molecule has 0 saturated heterocycles. The van der Waals surface area contributed by atoms with Crippen LogP contribution in [-0.4, -0.2) is 47.1 Å². The number of nitrogen functional groups attached to an aromatic ring is 1. The molecule has 0 fully saturated rings. The van der Waals surface area contributed by atoms with Crippen molar-refractivity contribution in [2.75, 3.05) is 31.2 Å². The third-order valence-electron chi connectivity index (χ3n) is 3.00. The van der Waals surface area contributed by atoms with Crippen LogP contribution in [0.1, 0.15) is 30.6 Å². The molecule has 0 aromatic carbocycles. The Hall–Kier alpha value is -1.82. The molecule has 1 rings (SSSR count). The van der Waals surface area contributed by atoms with Gasteiger partial charge >= 0.3 is 5.97 Å². The zero-order chi connectivity index (χ0) is 14.4. The first-order chi connectivity index (χ1) is 8.91. The van der Waals surface area contributed by atoms with E-state index >= 15 is 0 Å². The van der Waals surface area contributed by atoms with Gasteiger partial charge in [-0.2, -0.15) is 0 Å². The lowest BCUT2D eigenvalue weighted by Crippen LogP contribution is -2.28. The van der Waals surface area contributed by atoms with Crippen LogP contribution in [0.4, 0.5) is 11.5 Å². The Morgan fingerprint density at radius 1 is 1.58 bits per heavy atom. The average molecular weight is 266 g/mol. The maximum Gasteiger partial charge on any atom is 0.339 e. The number of aromatic carboxylic acids is 1. The van der Waals surface area contributed by atoms with Crippen molar-refractivity contribution < 1.29 is 9.90 Å². The Bertz CT molecular complexity index is 435. The fourth-order valence-corrected chi connectivity index (χ4v) is 1.58. The molecule has 4 N–H and O–H groups in total. The summed E-state index contributed by atoms with van der Waals surface area (Å²) >= 11 is 0. The summed E-state index contributed by atoms with van der Waals surface area (Å²) in [7, 11) is 2.06. The van der Waals surface area contributed by atoms with Gasteiger partial charge in [0.25, 0.3) is 0 Å². The van der Waals surface area contributed by atoms with E-state index in [1.807, 2.05) is 0 Å². The lowest BCUT2D eigenvalue weighted by Gasteiger charge is -2.20. The van der Waals surface area contributed by atoms with E-state index in [9.17, 15) is 4.79 Å². The molecule has 0 aliphatic carbocycles. The van der Waals surface area contributed by atoms with Gasteiger partial charge in [0.05, 0.1) is 11.9 Å². The number of carboxylic acid groups (broad SMARTS) is 1. The van der Waals surface area contributed by atoms with E-state index in [1.165, 1.54) is 12.3 Å². The molecule has 6 nitrogen and oxygen atoms in total. The van der Waals surface area contributed by atoms with E-state index in [0.29, 0.717) is 24.1 Å². The van der Waals surface area contributed by atoms with Crippen LogP contribution < -0.4 is 11.1 Å². The van der Waals surface area contributed by atoms with Crippen LogP contribution >= 0.6 is 0 Å². The number of aromatic nitrogens is 1. The molecule has 0 atom stereocenters. The van der Waals surface area contributed by atoms with E-state index in [1.54, 1.807) is 0 Å². The van der Waals surface area contributed by atoms with Crippen molar-refractivity contribution in [2.24, 2.45) is 0 Å². The number of nitrogens with two attached hydrogens (primary N) is 1. The van der Waals surface area contributed by atoms with E-state index in [4.69, 9.17) is 10.8 Å². The van der Waals surface area contributed by atoms with Gasteiger partial charge in [-0.05, 0) is 39.9 Å². The van der Waals surface area contributed by atoms with Crippen molar-refractivity contribution in [3.8, 4) is 0 Å². The fourth-order valence-electron chi connectivity index (χ4n) is 1.58. The summed E-state index contributed by atoms with van der Waals surface area (Å²) in [4.78, 5) is 17.3. The molecule has 0 radical (unpaired) electrons. The second kappa shape index (κ2) is 6.94. The van der Waals surface area contributed by atoms with Crippen molar-refractivity contribution in [3.63, 3.8) is 0 Å². The second-order valence-electron chi connectivity index (χ2n) is 4.82. The Morgan fingerprint density at radius 2 is 2.26 bits per heavy atom. The van der Waals surface area contributed by atoms with Crippen LogP contribution in [0.2, 0.25) is 0 Å². The van der Waals surface area contributed by atoms with Crippen molar-refractivity contribution in [3.05, 3.63) is 17.8 Å². The molecule has 0 aliphatic rings. The second-order valence-corrected chi connectivity index (χ2v) is 4.82. The summed E-state index contributed by atoms with van der Waals surface area (Å²) in [6.45, 7) is 5.89. The molecule has 19 heavy (non-hydrogen) atoms. The van der Waals surface area contributed by atoms with Gasteiger partial charge in [0, 0.05) is 12.6 Å². The maximum atomic E-state index is 11.1. The Morgan fingerprint density at radius 3 is 2.84 bits per heavy atom. The normalized spacial score (nSPS) is 11.0. The predicted molar refractivity (Wildman–Crippen MR) is 76.5 cm³/mol. The Balaban J connectivity index is 2.52. The molecule has 6 heteroatoms. The van der Waals surface area contributed by atoms with E-state index in [0.717, 1.165) is 13.0 Å². The minimum Gasteiger partial charge on any atom is -0.478 e. The number of anilines is 2. The average Bonchev–Trinajstić information content (AvgIpc) is 2.35. The van der Waals surface area contributed by atoms with Gasteiger partial charge in [0.2, 0.25) is 0 Å². The van der Waals surface area contributed by atoms with Gasteiger partial charge in [0.15, 0.2) is 0 Å². The number of hydrogen-bond donors (Lipinski definition) is 3. The molecule has 0 spiro atoms. The highest BCUT2D eigenvalue weighted by molar-refractivity contribution is 5.94. The number of rotatable bonds is 7. The summed E-state index contributed by atoms with van der Waals surface area (Å²) in [6, 6.07) is 1.92. The molecular weight excluding hydrogens is 244 g/mol. The summed E-state index contributed by atoms with van der Waals surface area (Å²) < 4.78 is 0. The maximum absolute atomic E-state index is 11.1. The smallest absolute Gasteiger partial charge is 0.339 e. The van der Waals surface area contributed by atoms with Crippen molar-refractivity contribution in [1.82, 2.24) is 9.88 Å². The third-order valence-corrected chi connectivity index (χ3v) is 3.00. The standard InChI is InChI=1S/C13H22N4O2/c1-9(2)17(3)6-4-5-15-12-11(13(18)19)7-10(14)8-16-12/h7-9H,4-6,14H2,1-3H3,(H,15,16)(H,18,19). The number of carboxylic acids is 1. The number of pyridine rings is 1. The number of nitrogens with zero attached hydrogens (tertiary/aromatic N) is 2. The molecule has 0 aliphatic heterocycles. The predicted octanol–water partition coefficient (Wildman–Crippen LogP) is 1.50. The highest BCUT2D eigenvalue weighted by Gasteiger charge is 2.11. The van der Waals surface area contributed by atoms with Gasteiger partial charge in [-0.15, -0.1) is 0 Å². The van der Waals surface area contributed by atoms with Crippen LogP contribution in [0.15, 0.2) is 12.3 Å². The van der Waals surface area contributed by atoms with Crippen LogP contribution in [0.3, 0.4) is 0 Å². The molecule has 0 amide bonds. The van der Waals surface area contributed by atoms with Crippen molar-refractivity contribution in [2.45, 2.75) is 26.3 Å². The Labute approximate surface area is 113 Å². The Kier molecular flexibility index (Phi) is 5.57. The first-order valence-electron chi connectivity index (χ1n) is 6.34. The van der Waals surface area contributed by atoms with Crippen LogP contribution in [-0.2, 0) is 0 Å². The van der Waals surface area contributed by atoms with Crippen LogP contribution in [0.5, 0.6) is 0 Å². The summed E-state index contributed by atoms with van der Waals surface area (Å²) in [6.07, 6.45) is 2.37. The SMILES string of the molecule is CC(C)N(C)CCCNc1ncc(N)cc1C(=O)O. The van der Waals surface area contributed by atoms with Crippen LogP contribution in [0, 0.1) is 0 Å². The number of nitrogens with one attached hydrogen (secondary N) is 1. The minimum atomic E-state index is -1.03. The van der Waals surface area contributed by atoms with Crippen molar-refractivity contribution in [1.29, 1.82) is 0 Å². The van der Waals surface area contributed by atoms with Gasteiger partial charge in [-0.25, -0.2) is 9.78 Å². The first-order valence-corrected chi connectivity index (χ1v) is 6.34. The molecule has 106 valence electrons. The van der Waals surface area contributed by atoms with Crippen LogP contribution in [0.25, 0.3) is 0 Å². The van der Waals surface area contributed by atoms with E-state index in [-0.39, 0.29) is 5.56 Å². The third kappa shape index (κ3) is 4.75. The number of hydrogen-bond acceptors (Lipinski definition) is 5. The molecule has 1 aromatic rings. The summed E-state index contributed by atoms with van der Waals surface area (Å²) in [5.74, 6) is -0.657. The quantitative estimate of drug-likeness (QED) is 0.648. The van der Waals surface area contributed by atoms with E-state index in [2.05, 4.69) is 36.1 Å². The highest BCUT2D eigenvalue weighted by atomic mass is 16.4. The molecule has 0 saturated carbocycles. The number of carbonyl (C=O) groups is 1. The van der Waals surface area contributed by atoms with Gasteiger partial charge in [-0.3, -0.25) is 0 Å². The molecule has 0 unspecified atom stereocenters.